The molecule has 0 aliphatic rings. The van der Waals surface area contributed by atoms with Crippen molar-refractivity contribution in [1.82, 2.24) is 5.32 Å². The SMILES string of the molecule is COC(=O)[C@](NC(=O)c1ccccc1)(c1ccc(-c2ccccc2)cc1)C(C)C. The molecule has 0 spiro atoms. The first-order valence-corrected chi connectivity index (χ1v) is 9.61. The fraction of sp³-hybridized carbons (Fsp3) is 0.200. The number of ether oxygens (including phenoxy) is 1. The summed E-state index contributed by atoms with van der Waals surface area (Å²) in [6, 6.07) is 26.5. The molecule has 0 fully saturated rings. The zero-order valence-corrected chi connectivity index (χ0v) is 16.9. The average molecular weight is 387 g/mol. The summed E-state index contributed by atoms with van der Waals surface area (Å²) in [5.74, 6) is -1.05. The molecule has 0 saturated heterocycles. The van der Waals surface area contributed by atoms with Crippen molar-refractivity contribution in [1.29, 1.82) is 0 Å². The van der Waals surface area contributed by atoms with Crippen molar-refractivity contribution >= 4 is 11.9 Å². The molecule has 1 atom stereocenters. The molecule has 4 nitrogen and oxygen atoms in total. The Kier molecular flexibility index (Phi) is 6.13. The van der Waals surface area contributed by atoms with Crippen LogP contribution >= 0.6 is 0 Å². The van der Waals surface area contributed by atoms with E-state index < -0.39 is 11.5 Å². The van der Waals surface area contributed by atoms with Crippen LogP contribution in [0.5, 0.6) is 0 Å². The monoisotopic (exact) mass is 387 g/mol. The number of nitrogens with one attached hydrogen (secondary N) is 1. The number of carbonyl (C=O) groups is 2. The molecule has 4 heteroatoms. The summed E-state index contributed by atoms with van der Waals surface area (Å²) in [5.41, 5.74) is 1.99. The van der Waals surface area contributed by atoms with E-state index in [-0.39, 0.29) is 11.8 Å². The lowest BCUT2D eigenvalue weighted by atomic mass is 9.79. The number of carbonyl (C=O) groups excluding carboxylic acids is 2. The third-order valence-electron chi connectivity index (χ3n) is 5.17. The van der Waals surface area contributed by atoms with Crippen LogP contribution in [0.3, 0.4) is 0 Å². The normalized spacial score (nSPS) is 12.8. The molecule has 0 heterocycles. The van der Waals surface area contributed by atoms with Crippen LogP contribution in [0.1, 0.15) is 29.8 Å². The molecule has 1 N–H and O–H groups in total. The highest BCUT2D eigenvalue weighted by molar-refractivity contribution is 5.98. The van der Waals surface area contributed by atoms with Gasteiger partial charge in [0.05, 0.1) is 7.11 Å². The van der Waals surface area contributed by atoms with Gasteiger partial charge in [-0.25, -0.2) is 4.79 Å². The summed E-state index contributed by atoms with van der Waals surface area (Å²) in [4.78, 5) is 25.9. The summed E-state index contributed by atoms with van der Waals surface area (Å²) >= 11 is 0. The lowest BCUT2D eigenvalue weighted by Crippen LogP contribution is -2.56. The molecule has 0 aliphatic carbocycles. The van der Waals surface area contributed by atoms with E-state index in [2.05, 4.69) is 5.32 Å². The van der Waals surface area contributed by atoms with Crippen molar-refractivity contribution in [2.45, 2.75) is 19.4 Å². The Morgan fingerprint density at radius 1 is 0.793 bits per heavy atom. The average Bonchev–Trinajstić information content (AvgIpc) is 2.78. The van der Waals surface area contributed by atoms with Gasteiger partial charge in [-0.05, 0) is 34.7 Å². The van der Waals surface area contributed by atoms with Crippen LogP contribution in [0, 0.1) is 5.92 Å². The van der Waals surface area contributed by atoms with Crippen molar-refractivity contribution in [2.24, 2.45) is 5.92 Å². The number of benzene rings is 3. The smallest absolute Gasteiger partial charge is 0.336 e. The molecule has 0 aromatic heterocycles. The summed E-state index contributed by atoms with van der Waals surface area (Å²) in [7, 11) is 1.34. The summed E-state index contributed by atoms with van der Waals surface area (Å²) < 4.78 is 5.13. The number of esters is 1. The lowest BCUT2D eigenvalue weighted by molar-refractivity contribution is -0.151. The highest BCUT2D eigenvalue weighted by atomic mass is 16.5. The molecule has 3 rings (SSSR count). The molecule has 0 unspecified atom stereocenters. The summed E-state index contributed by atoms with van der Waals surface area (Å²) in [6.07, 6.45) is 0. The molecular weight excluding hydrogens is 362 g/mol. The quantitative estimate of drug-likeness (QED) is 0.618. The van der Waals surface area contributed by atoms with Crippen LogP contribution in [0.25, 0.3) is 11.1 Å². The van der Waals surface area contributed by atoms with Crippen LogP contribution in [-0.2, 0) is 15.1 Å². The Labute approximate surface area is 171 Å². The third kappa shape index (κ3) is 4.06. The van der Waals surface area contributed by atoms with Gasteiger partial charge in [0.1, 0.15) is 0 Å². The molecule has 148 valence electrons. The van der Waals surface area contributed by atoms with Gasteiger partial charge in [-0.3, -0.25) is 4.79 Å². The van der Waals surface area contributed by atoms with Crippen LogP contribution < -0.4 is 5.32 Å². The van der Waals surface area contributed by atoms with E-state index in [1.165, 1.54) is 7.11 Å². The highest BCUT2D eigenvalue weighted by Gasteiger charge is 2.46. The zero-order valence-electron chi connectivity index (χ0n) is 16.9. The van der Waals surface area contributed by atoms with Crippen LogP contribution in [0.15, 0.2) is 84.9 Å². The van der Waals surface area contributed by atoms with Gasteiger partial charge in [0.15, 0.2) is 5.54 Å². The zero-order chi connectivity index (χ0) is 20.9. The van der Waals surface area contributed by atoms with Crippen molar-refractivity contribution in [2.75, 3.05) is 7.11 Å². The van der Waals surface area contributed by atoms with Crippen molar-refractivity contribution in [3.63, 3.8) is 0 Å². The number of hydrogen-bond donors (Lipinski definition) is 1. The maximum Gasteiger partial charge on any atom is 0.336 e. The van der Waals surface area contributed by atoms with E-state index in [0.29, 0.717) is 11.1 Å². The Balaban J connectivity index is 2.03. The number of hydrogen-bond acceptors (Lipinski definition) is 3. The minimum absolute atomic E-state index is 0.231. The van der Waals surface area contributed by atoms with Gasteiger partial charge in [-0.15, -0.1) is 0 Å². The fourth-order valence-electron chi connectivity index (χ4n) is 3.51. The second-order valence-electron chi connectivity index (χ2n) is 7.22. The Morgan fingerprint density at radius 2 is 1.31 bits per heavy atom. The Bertz CT molecular complexity index is 966. The van der Waals surface area contributed by atoms with E-state index in [4.69, 9.17) is 4.74 Å². The molecule has 1 amide bonds. The standard InChI is InChI=1S/C25H25NO3/c1-18(2)25(24(28)29-3,26-23(27)21-12-8-5-9-13-21)22-16-14-20(15-17-22)19-10-6-4-7-11-19/h4-18H,1-3H3,(H,26,27)/t25-/m1/s1. The van der Waals surface area contributed by atoms with Crippen LogP contribution in [0.2, 0.25) is 0 Å². The predicted octanol–water partition coefficient (Wildman–Crippen LogP) is 4.81. The van der Waals surface area contributed by atoms with E-state index in [1.54, 1.807) is 24.3 Å². The van der Waals surface area contributed by atoms with Crippen LogP contribution in [-0.4, -0.2) is 19.0 Å². The van der Waals surface area contributed by atoms with Gasteiger partial charge in [0.2, 0.25) is 0 Å². The molecular formula is C25H25NO3. The van der Waals surface area contributed by atoms with Crippen molar-refractivity contribution < 1.29 is 14.3 Å². The largest absolute Gasteiger partial charge is 0.467 e. The van der Waals surface area contributed by atoms with Gasteiger partial charge < -0.3 is 10.1 Å². The maximum atomic E-state index is 13.0. The minimum atomic E-state index is -1.29. The van der Waals surface area contributed by atoms with Gasteiger partial charge in [0.25, 0.3) is 5.91 Å². The highest BCUT2D eigenvalue weighted by Crippen LogP contribution is 2.33. The maximum absolute atomic E-state index is 13.0. The number of rotatable bonds is 6. The lowest BCUT2D eigenvalue weighted by Gasteiger charge is -2.36. The molecule has 0 aliphatic heterocycles. The molecule has 0 radical (unpaired) electrons. The van der Waals surface area contributed by atoms with E-state index in [1.807, 2.05) is 74.5 Å². The molecule has 29 heavy (non-hydrogen) atoms. The van der Waals surface area contributed by atoms with Crippen molar-refractivity contribution in [3.8, 4) is 11.1 Å². The molecule has 0 bridgehead atoms. The third-order valence-corrected chi connectivity index (χ3v) is 5.17. The van der Waals surface area contributed by atoms with Crippen LogP contribution in [0.4, 0.5) is 0 Å². The van der Waals surface area contributed by atoms with Gasteiger partial charge in [-0.2, -0.15) is 0 Å². The topological polar surface area (TPSA) is 55.4 Å². The van der Waals surface area contributed by atoms with Gasteiger partial charge >= 0.3 is 5.97 Å². The second kappa shape index (κ2) is 8.74. The van der Waals surface area contributed by atoms with Gasteiger partial charge in [-0.1, -0.05) is 86.6 Å². The molecule has 3 aromatic carbocycles. The van der Waals surface area contributed by atoms with E-state index >= 15 is 0 Å². The first kappa shape index (κ1) is 20.3. The first-order chi connectivity index (χ1) is 14.0. The van der Waals surface area contributed by atoms with E-state index in [0.717, 1.165) is 11.1 Å². The minimum Gasteiger partial charge on any atom is -0.467 e. The Morgan fingerprint density at radius 3 is 1.83 bits per heavy atom. The predicted molar refractivity (Wildman–Crippen MR) is 114 cm³/mol. The molecule has 0 saturated carbocycles. The fourth-order valence-corrected chi connectivity index (χ4v) is 3.51. The number of methoxy groups -OCH3 is 1. The van der Waals surface area contributed by atoms with E-state index in [9.17, 15) is 9.59 Å². The summed E-state index contributed by atoms with van der Waals surface area (Å²) in [6.45, 7) is 3.79. The number of amides is 1. The summed E-state index contributed by atoms with van der Waals surface area (Å²) in [5, 5.41) is 2.96. The second-order valence-corrected chi connectivity index (χ2v) is 7.22. The Hall–Kier alpha value is -3.40. The first-order valence-electron chi connectivity index (χ1n) is 9.61. The van der Waals surface area contributed by atoms with Gasteiger partial charge in [0, 0.05) is 5.56 Å². The molecule has 3 aromatic rings. The van der Waals surface area contributed by atoms with Crippen molar-refractivity contribution in [3.05, 3.63) is 96.1 Å².